The lowest BCUT2D eigenvalue weighted by atomic mass is 9.78. The summed E-state index contributed by atoms with van der Waals surface area (Å²) < 4.78 is 12.3. The molecule has 33 heavy (non-hydrogen) atoms. The third kappa shape index (κ3) is 7.60. The van der Waals surface area contributed by atoms with Crippen LogP contribution in [0.15, 0.2) is 42.5 Å². The Morgan fingerprint density at radius 3 is 2.27 bits per heavy atom. The van der Waals surface area contributed by atoms with Gasteiger partial charge in [-0.2, -0.15) is 11.8 Å². The number of carbonyl (C=O) groups is 2. The van der Waals surface area contributed by atoms with Crippen molar-refractivity contribution < 1.29 is 19.1 Å². The van der Waals surface area contributed by atoms with Gasteiger partial charge in [0.25, 0.3) is 0 Å². The minimum atomic E-state index is -0.245. The third-order valence-corrected chi connectivity index (χ3v) is 7.75. The zero-order valence-corrected chi connectivity index (χ0v) is 22.7. The summed E-state index contributed by atoms with van der Waals surface area (Å²) in [6, 6.07) is 13.9. The van der Waals surface area contributed by atoms with Crippen LogP contribution in [0.3, 0.4) is 0 Å². The highest BCUT2D eigenvalue weighted by Crippen LogP contribution is 2.35. The Morgan fingerprint density at radius 1 is 1.00 bits per heavy atom. The standard InChI is InChI=1S/C25H29ClINO4S/c1-25(2,19-5-8-24(23(27)13-19)32-16-20(29)14-26)18-3-6-22(7-4-18)31-17-21(30)15-28-9-11-33-12-10-28/h3-8,13H,9-12,14-17H2,1-2H3. The summed E-state index contributed by atoms with van der Waals surface area (Å²) in [5.41, 5.74) is 2.02. The van der Waals surface area contributed by atoms with Crippen molar-refractivity contribution >= 4 is 57.5 Å². The van der Waals surface area contributed by atoms with Crippen LogP contribution in [-0.4, -0.2) is 66.7 Å². The predicted octanol–water partition coefficient (Wildman–Crippen LogP) is 4.80. The maximum absolute atomic E-state index is 12.2. The first kappa shape index (κ1) is 26.3. The minimum Gasteiger partial charge on any atom is -0.486 e. The number of Topliss-reactive ketones (excluding diaryl/α,β-unsaturated/α-hetero) is 2. The number of carbonyl (C=O) groups excluding carboxylic acids is 2. The lowest BCUT2D eigenvalue weighted by Crippen LogP contribution is -2.38. The monoisotopic (exact) mass is 601 g/mol. The molecule has 0 bridgehead atoms. The van der Waals surface area contributed by atoms with Gasteiger partial charge in [-0.25, -0.2) is 0 Å². The summed E-state index contributed by atoms with van der Waals surface area (Å²) >= 11 is 9.69. The van der Waals surface area contributed by atoms with Crippen LogP contribution in [0.5, 0.6) is 11.5 Å². The van der Waals surface area contributed by atoms with Crippen molar-refractivity contribution in [2.24, 2.45) is 0 Å². The molecular weight excluding hydrogens is 573 g/mol. The molecule has 178 valence electrons. The molecule has 8 heteroatoms. The third-order valence-electron chi connectivity index (χ3n) is 5.67. The highest BCUT2D eigenvalue weighted by molar-refractivity contribution is 14.1. The molecule has 0 atom stereocenters. The van der Waals surface area contributed by atoms with Crippen LogP contribution < -0.4 is 9.47 Å². The van der Waals surface area contributed by atoms with Gasteiger partial charge in [0.2, 0.25) is 0 Å². The second kappa shape index (κ2) is 12.4. The van der Waals surface area contributed by atoms with Crippen molar-refractivity contribution in [3.05, 3.63) is 57.2 Å². The molecule has 3 rings (SSSR count). The Kier molecular flexibility index (Phi) is 9.91. The number of nitrogens with zero attached hydrogens (tertiary/aromatic N) is 1. The van der Waals surface area contributed by atoms with E-state index >= 15 is 0 Å². The predicted molar refractivity (Wildman–Crippen MR) is 143 cm³/mol. The number of alkyl halides is 1. The molecule has 1 aliphatic rings. The SMILES string of the molecule is CC(C)(c1ccc(OCC(=O)CN2CCSCC2)cc1)c1ccc(OCC(=O)CCl)c(I)c1. The number of halogens is 2. The number of rotatable bonds is 11. The van der Waals surface area contributed by atoms with Crippen molar-refractivity contribution in [1.82, 2.24) is 4.90 Å². The molecule has 0 unspecified atom stereocenters. The van der Waals surface area contributed by atoms with Crippen LogP contribution in [0.25, 0.3) is 0 Å². The van der Waals surface area contributed by atoms with Crippen LogP contribution >= 0.6 is 46.0 Å². The zero-order valence-electron chi connectivity index (χ0n) is 18.9. The fourth-order valence-electron chi connectivity index (χ4n) is 3.56. The van der Waals surface area contributed by atoms with Crippen molar-refractivity contribution in [2.45, 2.75) is 19.3 Å². The summed E-state index contributed by atoms with van der Waals surface area (Å²) in [6.07, 6.45) is 0. The number of hydrogen-bond donors (Lipinski definition) is 0. The number of ketones is 2. The molecule has 0 amide bonds. The van der Waals surface area contributed by atoms with Gasteiger partial charge in [-0.15, -0.1) is 11.6 Å². The minimum absolute atomic E-state index is 0.0245. The van der Waals surface area contributed by atoms with E-state index in [0.29, 0.717) is 18.0 Å². The van der Waals surface area contributed by atoms with Gasteiger partial charge in [0.15, 0.2) is 11.6 Å². The average Bonchev–Trinajstić information content (AvgIpc) is 2.82. The Balaban J connectivity index is 1.59. The lowest BCUT2D eigenvalue weighted by Gasteiger charge is -2.27. The van der Waals surface area contributed by atoms with E-state index in [2.05, 4.69) is 47.4 Å². The molecule has 1 heterocycles. The summed E-state index contributed by atoms with van der Waals surface area (Å²) in [4.78, 5) is 25.9. The molecule has 0 aromatic heterocycles. The molecule has 0 N–H and O–H groups in total. The van der Waals surface area contributed by atoms with E-state index in [1.165, 1.54) is 0 Å². The van der Waals surface area contributed by atoms with E-state index in [4.69, 9.17) is 21.1 Å². The van der Waals surface area contributed by atoms with Crippen molar-refractivity contribution in [3.63, 3.8) is 0 Å². The van der Waals surface area contributed by atoms with Crippen LogP contribution in [0.2, 0.25) is 0 Å². The molecule has 2 aromatic rings. The van der Waals surface area contributed by atoms with E-state index < -0.39 is 0 Å². The molecule has 0 radical (unpaired) electrons. The van der Waals surface area contributed by atoms with Crippen molar-refractivity contribution in [2.75, 3.05) is 50.2 Å². The first-order chi connectivity index (χ1) is 15.8. The molecule has 0 aliphatic carbocycles. The topological polar surface area (TPSA) is 55.8 Å². The molecule has 1 saturated heterocycles. The van der Waals surface area contributed by atoms with E-state index in [9.17, 15) is 9.59 Å². The van der Waals surface area contributed by atoms with Gasteiger partial charge >= 0.3 is 0 Å². The quantitative estimate of drug-likeness (QED) is 0.273. The fraction of sp³-hybridized carbons (Fsp3) is 0.440. The van der Waals surface area contributed by atoms with Gasteiger partial charge in [-0.1, -0.05) is 32.0 Å². The van der Waals surface area contributed by atoms with E-state index in [1.807, 2.05) is 48.2 Å². The van der Waals surface area contributed by atoms with Crippen molar-refractivity contribution in [3.8, 4) is 11.5 Å². The Bertz CT molecular complexity index is 961. The van der Waals surface area contributed by atoms with E-state index in [1.54, 1.807) is 0 Å². The summed E-state index contributed by atoms with van der Waals surface area (Å²) in [5, 5.41) is 0. The van der Waals surface area contributed by atoms with Crippen LogP contribution in [0.1, 0.15) is 25.0 Å². The Morgan fingerprint density at radius 2 is 1.64 bits per heavy atom. The average molecular weight is 602 g/mol. The Labute approximate surface area is 218 Å². The smallest absolute Gasteiger partial charge is 0.184 e. The highest BCUT2D eigenvalue weighted by atomic mass is 127. The van der Waals surface area contributed by atoms with Gasteiger partial charge < -0.3 is 9.47 Å². The molecule has 5 nitrogen and oxygen atoms in total. The molecule has 1 fully saturated rings. The van der Waals surface area contributed by atoms with Crippen molar-refractivity contribution in [1.29, 1.82) is 0 Å². The van der Waals surface area contributed by atoms with Gasteiger partial charge in [-0.3, -0.25) is 14.5 Å². The maximum atomic E-state index is 12.2. The van der Waals surface area contributed by atoms with E-state index in [0.717, 1.165) is 39.3 Å². The van der Waals surface area contributed by atoms with Gasteiger partial charge in [0, 0.05) is 30.0 Å². The van der Waals surface area contributed by atoms with Crippen LogP contribution in [0.4, 0.5) is 0 Å². The number of ether oxygens (including phenoxy) is 2. The van der Waals surface area contributed by atoms with Gasteiger partial charge in [0.05, 0.1) is 16.0 Å². The number of thioether (sulfide) groups is 1. The van der Waals surface area contributed by atoms with E-state index in [-0.39, 0.29) is 36.1 Å². The normalized spacial score (nSPS) is 14.7. The fourth-order valence-corrected chi connectivity index (χ4v) is 5.28. The second-order valence-electron chi connectivity index (χ2n) is 8.47. The first-order valence-electron chi connectivity index (χ1n) is 10.8. The summed E-state index contributed by atoms with van der Waals surface area (Å²) in [6.45, 7) is 6.79. The second-order valence-corrected chi connectivity index (χ2v) is 11.1. The molecule has 1 aliphatic heterocycles. The van der Waals surface area contributed by atoms with Gasteiger partial charge in [0.1, 0.15) is 24.7 Å². The first-order valence-corrected chi connectivity index (χ1v) is 13.6. The zero-order chi connectivity index (χ0) is 23.8. The number of hydrogen-bond acceptors (Lipinski definition) is 6. The lowest BCUT2D eigenvalue weighted by molar-refractivity contribution is -0.122. The molecule has 0 saturated carbocycles. The molecular formula is C25H29ClINO4S. The van der Waals surface area contributed by atoms with Gasteiger partial charge in [-0.05, 0) is 58.0 Å². The van der Waals surface area contributed by atoms with Crippen LogP contribution in [0, 0.1) is 3.57 Å². The summed E-state index contributed by atoms with van der Waals surface area (Å²) in [7, 11) is 0. The largest absolute Gasteiger partial charge is 0.486 e. The molecule has 0 spiro atoms. The van der Waals surface area contributed by atoms with Crippen LogP contribution in [-0.2, 0) is 15.0 Å². The summed E-state index contributed by atoms with van der Waals surface area (Å²) in [5.74, 6) is 3.46. The maximum Gasteiger partial charge on any atom is 0.184 e. The highest BCUT2D eigenvalue weighted by Gasteiger charge is 2.24. The Hall–Kier alpha value is -1.29. The molecule has 2 aromatic carbocycles. The number of benzene rings is 2.